The van der Waals surface area contributed by atoms with E-state index in [2.05, 4.69) is 5.32 Å². The van der Waals surface area contributed by atoms with E-state index in [1.807, 2.05) is 31.2 Å². The van der Waals surface area contributed by atoms with Crippen molar-refractivity contribution >= 4 is 23.0 Å². The maximum Gasteiger partial charge on any atom is 0.336 e. The molecular formula is C22H22N2O5. The zero-order valence-electron chi connectivity index (χ0n) is 16.0. The summed E-state index contributed by atoms with van der Waals surface area (Å²) in [6.07, 6.45) is 0.721. The molecule has 3 rings (SSSR count). The summed E-state index contributed by atoms with van der Waals surface area (Å²) in [5, 5.41) is 3.26. The number of primary amides is 1. The normalized spacial score (nSPS) is 11.8. The van der Waals surface area contributed by atoms with Gasteiger partial charge >= 0.3 is 17.6 Å². The van der Waals surface area contributed by atoms with E-state index in [1.165, 1.54) is 6.07 Å². The molecule has 0 saturated carbocycles. The molecule has 29 heavy (non-hydrogen) atoms. The highest BCUT2D eigenvalue weighted by Crippen LogP contribution is 2.21. The predicted octanol–water partition coefficient (Wildman–Crippen LogP) is 3.20. The molecule has 150 valence electrons. The number of esters is 1. The fourth-order valence-corrected chi connectivity index (χ4v) is 3.11. The van der Waals surface area contributed by atoms with Crippen LogP contribution in [0.2, 0.25) is 0 Å². The maximum atomic E-state index is 12.4. The molecule has 3 aromatic rings. The summed E-state index contributed by atoms with van der Waals surface area (Å²) < 4.78 is 10.6. The van der Waals surface area contributed by atoms with Gasteiger partial charge in [-0.05, 0) is 23.6 Å². The van der Waals surface area contributed by atoms with Gasteiger partial charge < -0.3 is 20.2 Å². The van der Waals surface area contributed by atoms with Crippen molar-refractivity contribution < 1.29 is 18.7 Å². The van der Waals surface area contributed by atoms with Crippen molar-refractivity contribution in [3.05, 3.63) is 81.7 Å². The molecule has 0 radical (unpaired) electrons. The first-order valence-corrected chi connectivity index (χ1v) is 9.28. The largest absolute Gasteiger partial charge is 0.461 e. The lowest BCUT2D eigenvalue weighted by molar-refractivity contribution is -0.145. The third kappa shape index (κ3) is 5.22. The van der Waals surface area contributed by atoms with Gasteiger partial charge in [0.05, 0.1) is 12.5 Å². The van der Waals surface area contributed by atoms with Crippen LogP contribution < -0.4 is 16.7 Å². The molecule has 1 unspecified atom stereocenters. The first-order chi connectivity index (χ1) is 14.0. The minimum Gasteiger partial charge on any atom is -0.461 e. The lowest BCUT2D eigenvalue weighted by atomic mass is 10.0. The summed E-state index contributed by atoms with van der Waals surface area (Å²) in [5.41, 5.74) is 7.52. The van der Waals surface area contributed by atoms with E-state index >= 15 is 0 Å². The number of ether oxygens (including phenoxy) is 1. The second-order valence-electron chi connectivity index (χ2n) is 6.61. The number of benzene rings is 2. The van der Waals surface area contributed by atoms with Crippen LogP contribution in [-0.2, 0) is 22.6 Å². The third-order valence-electron chi connectivity index (χ3n) is 4.58. The van der Waals surface area contributed by atoms with E-state index < -0.39 is 23.7 Å². The summed E-state index contributed by atoms with van der Waals surface area (Å²) in [6.45, 7) is 1.93. The Bertz CT molecular complexity index is 1080. The average Bonchev–Trinajstić information content (AvgIpc) is 2.71. The summed E-state index contributed by atoms with van der Waals surface area (Å²) in [4.78, 5) is 35.5. The molecule has 1 aromatic heterocycles. The fraction of sp³-hybridized carbons (Fsp3) is 0.227. The van der Waals surface area contributed by atoms with Crippen LogP contribution in [-0.4, -0.2) is 12.0 Å². The first-order valence-electron chi connectivity index (χ1n) is 9.28. The lowest BCUT2D eigenvalue weighted by Crippen LogP contribution is -2.34. The summed E-state index contributed by atoms with van der Waals surface area (Å²) in [5.74, 6) is -0.529. The van der Waals surface area contributed by atoms with Crippen molar-refractivity contribution in [3.8, 4) is 0 Å². The number of aryl methyl sites for hydroxylation is 1. The molecule has 1 atom stereocenters. The Labute approximate surface area is 167 Å². The zero-order chi connectivity index (χ0) is 20.8. The first kappa shape index (κ1) is 20.1. The number of urea groups is 1. The molecule has 7 heteroatoms. The minimum atomic E-state index is -0.731. The van der Waals surface area contributed by atoms with Gasteiger partial charge in [-0.2, -0.15) is 0 Å². The molecule has 2 aromatic carbocycles. The Morgan fingerprint density at radius 3 is 2.59 bits per heavy atom. The van der Waals surface area contributed by atoms with Crippen LogP contribution in [0.1, 0.15) is 36.1 Å². The number of carbonyl (C=O) groups is 2. The average molecular weight is 394 g/mol. The van der Waals surface area contributed by atoms with Crippen LogP contribution in [0.4, 0.5) is 4.79 Å². The highest BCUT2D eigenvalue weighted by atomic mass is 16.5. The minimum absolute atomic E-state index is 0.0789. The van der Waals surface area contributed by atoms with Gasteiger partial charge in [0.1, 0.15) is 12.2 Å². The van der Waals surface area contributed by atoms with Crippen molar-refractivity contribution in [2.45, 2.75) is 32.4 Å². The highest BCUT2D eigenvalue weighted by molar-refractivity contribution is 5.81. The number of nitrogens with one attached hydrogen (secondary N) is 1. The van der Waals surface area contributed by atoms with Gasteiger partial charge in [-0.25, -0.2) is 9.59 Å². The Morgan fingerprint density at radius 1 is 1.14 bits per heavy atom. The van der Waals surface area contributed by atoms with E-state index in [-0.39, 0.29) is 13.0 Å². The highest BCUT2D eigenvalue weighted by Gasteiger charge is 2.19. The van der Waals surface area contributed by atoms with Crippen LogP contribution in [0.3, 0.4) is 0 Å². The molecule has 0 aliphatic carbocycles. The molecule has 0 aliphatic heterocycles. The van der Waals surface area contributed by atoms with Gasteiger partial charge in [-0.1, -0.05) is 49.4 Å². The molecule has 0 saturated heterocycles. The van der Waals surface area contributed by atoms with Gasteiger partial charge in [0.15, 0.2) is 0 Å². The molecule has 2 amide bonds. The Hall–Kier alpha value is -3.61. The standard InChI is InChI=1S/C22H22N2O5/c1-2-14-8-9-17-16(11-21(26)29-19(17)10-14)13-28-20(25)12-18(24-22(23)27)15-6-4-3-5-7-15/h3-11,18H,2,12-13H2,1H3,(H3,23,24,27). The van der Waals surface area contributed by atoms with Crippen LogP contribution in [0.15, 0.2) is 63.8 Å². The molecule has 0 spiro atoms. The Balaban J connectivity index is 1.74. The van der Waals surface area contributed by atoms with Crippen LogP contribution >= 0.6 is 0 Å². The number of carbonyl (C=O) groups excluding carboxylic acids is 2. The van der Waals surface area contributed by atoms with Crippen molar-refractivity contribution in [2.24, 2.45) is 5.73 Å². The van der Waals surface area contributed by atoms with E-state index in [0.29, 0.717) is 16.5 Å². The smallest absolute Gasteiger partial charge is 0.336 e. The fourth-order valence-electron chi connectivity index (χ4n) is 3.11. The van der Waals surface area contributed by atoms with Crippen LogP contribution in [0.25, 0.3) is 11.0 Å². The van der Waals surface area contributed by atoms with Gasteiger partial charge in [0.2, 0.25) is 0 Å². The second-order valence-corrected chi connectivity index (χ2v) is 6.61. The Kier molecular flexibility index (Phi) is 6.29. The van der Waals surface area contributed by atoms with Gasteiger partial charge in [0, 0.05) is 17.0 Å². The molecule has 3 N–H and O–H groups in total. The maximum absolute atomic E-state index is 12.4. The van der Waals surface area contributed by atoms with Crippen molar-refractivity contribution in [3.63, 3.8) is 0 Å². The van der Waals surface area contributed by atoms with Gasteiger partial charge in [-0.3, -0.25) is 4.79 Å². The quantitative estimate of drug-likeness (QED) is 0.472. The molecule has 0 bridgehead atoms. The van der Waals surface area contributed by atoms with E-state index in [0.717, 1.165) is 17.5 Å². The van der Waals surface area contributed by atoms with Crippen molar-refractivity contribution in [2.75, 3.05) is 0 Å². The van der Waals surface area contributed by atoms with E-state index in [4.69, 9.17) is 14.9 Å². The van der Waals surface area contributed by atoms with Crippen molar-refractivity contribution in [1.29, 1.82) is 0 Å². The zero-order valence-corrected chi connectivity index (χ0v) is 16.0. The van der Waals surface area contributed by atoms with Gasteiger partial charge in [0.25, 0.3) is 0 Å². The number of fused-ring (bicyclic) bond motifs is 1. The Morgan fingerprint density at radius 2 is 1.90 bits per heavy atom. The lowest BCUT2D eigenvalue weighted by Gasteiger charge is -2.17. The molecule has 7 nitrogen and oxygen atoms in total. The van der Waals surface area contributed by atoms with Crippen LogP contribution in [0.5, 0.6) is 0 Å². The number of rotatable bonds is 7. The molecule has 1 heterocycles. The SMILES string of the molecule is CCc1ccc2c(COC(=O)CC(NC(N)=O)c3ccccc3)cc(=O)oc2c1. The summed E-state index contributed by atoms with van der Waals surface area (Å²) >= 11 is 0. The molecule has 0 fully saturated rings. The van der Waals surface area contributed by atoms with Crippen LogP contribution in [0, 0.1) is 0 Å². The predicted molar refractivity (Wildman–Crippen MR) is 108 cm³/mol. The monoisotopic (exact) mass is 394 g/mol. The number of nitrogens with two attached hydrogens (primary N) is 1. The molecular weight excluding hydrogens is 372 g/mol. The van der Waals surface area contributed by atoms with Gasteiger partial charge in [-0.15, -0.1) is 0 Å². The summed E-state index contributed by atoms with van der Waals surface area (Å²) in [7, 11) is 0. The second kappa shape index (κ2) is 9.05. The third-order valence-corrected chi connectivity index (χ3v) is 4.58. The van der Waals surface area contributed by atoms with Crippen molar-refractivity contribution in [1.82, 2.24) is 5.32 Å². The van der Waals surface area contributed by atoms with E-state index in [1.54, 1.807) is 24.3 Å². The number of hydrogen-bond acceptors (Lipinski definition) is 5. The topological polar surface area (TPSA) is 112 Å². The van der Waals surface area contributed by atoms with E-state index in [9.17, 15) is 14.4 Å². The number of hydrogen-bond donors (Lipinski definition) is 2. The molecule has 0 aliphatic rings. The number of amides is 2. The summed E-state index contributed by atoms with van der Waals surface area (Å²) in [6, 6.07) is 14.6.